The number of nitrogens with one attached hydrogen (secondary N) is 1. The first-order valence-corrected chi connectivity index (χ1v) is 8.09. The lowest BCUT2D eigenvalue weighted by atomic mass is 9.88. The van der Waals surface area contributed by atoms with Crippen molar-refractivity contribution in [2.24, 2.45) is 5.41 Å². The molecule has 0 amide bonds. The molecule has 1 aromatic carbocycles. The van der Waals surface area contributed by atoms with Crippen LogP contribution in [0.25, 0.3) is 0 Å². The highest BCUT2D eigenvalue weighted by molar-refractivity contribution is 9.10. The second kappa shape index (κ2) is 5.41. The van der Waals surface area contributed by atoms with Crippen molar-refractivity contribution >= 4 is 45.0 Å². The summed E-state index contributed by atoms with van der Waals surface area (Å²) in [6.07, 6.45) is 1.21. The molecule has 0 bridgehead atoms. The van der Waals surface area contributed by atoms with Gasteiger partial charge in [-0.05, 0) is 45.7 Å². The molecule has 94 valence electrons. The van der Waals surface area contributed by atoms with Gasteiger partial charge in [0.2, 0.25) is 0 Å². The Labute approximate surface area is 121 Å². The van der Waals surface area contributed by atoms with Crippen molar-refractivity contribution in [2.45, 2.75) is 26.3 Å². The van der Waals surface area contributed by atoms with Crippen molar-refractivity contribution in [3.8, 4) is 0 Å². The fourth-order valence-corrected chi connectivity index (χ4v) is 4.02. The van der Waals surface area contributed by atoms with Crippen LogP contribution in [0.5, 0.6) is 0 Å². The third kappa shape index (κ3) is 3.55. The number of hydrogen-bond donors (Lipinski definition) is 1. The molecule has 2 rings (SSSR count). The van der Waals surface area contributed by atoms with Gasteiger partial charge in [-0.1, -0.05) is 31.5 Å². The fourth-order valence-electron chi connectivity index (χ4n) is 2.19. The molecule has 1 unspecified atom stereocenters. The summed E-state index contributed by atoms with van der Waals surface area (Å²) in [7, 11) is 0. The molecule has 17 heavy (non-hydrogen) atoms. The Morgan fingerprint density at radius 3 is 2.94 bits per heavy atom. The van der Waals surface area contributed by atoms with E-state index in [1.165, 1.54) is 17.9 Å². The first-order chi connectivity index (χ1) is 7.98. The van der Waals surface area contributed by atoms with Crippen molar-refractivity contribution in [2.75, 3.05) is 16.8 Å². The minimum Gasteiger partial charge on any atom is -0.381 e. The zero-order valence-corrected chi connectivity index (χ0v) is 13.3. The quantitative estimate of drug-likeness (QED) is 0.812. The SMILES string of the molecule is CC1(C)CSCC(Nc2cccc(Cl)c2Br)C1. The van der Waals surface area contributed by atoms with E-state index in [1.807, 2.05) is 23.9 Å². The summed E-state index contributed by atoms with van der Waals surface area (Å²) < 4.78 is 0.968. The van der Waals surface area contributed by atoms with Crippen LogP contribution in [0.1, 0.15) is 20.3 Å². The van der Waals surface area contributed by atoms with Crippen molar-refractivity contribution in [3.05, 3.63) is 27.7 Å². The molecule has 0 radical (unpaired) electrons. The number of halogens is 2. The maximum Gasteiger partial charge on any atom is 0.0593 e. The summed E-state index contributed by atoms with van der Waals surface area (Å²) in [6, 6.07) is 6.48. The molecule has 1 aliphatic rings. The molecule has 1 N–H and O–H groups in total. The minimum absolute atomic E-state index is 0.422. The van der Waals surface area contributed by atoms with Crippen LogP contribution in [0.3, 0.4) is 0 Å². The standard InChI is InChI=1S/C13H17BrClNS/c1-13(2)6-9(7-17-8-13)16-11-5-3-4-10(15)12(11)14/h3-5,9,16H,6-8H2,1-2H3. The number of hydrogen-bond acceptors (Lipinski definition) is 2. The second-order valence-corrected chi connectivity index (χ2v) is 7.56. The van der Waals surface area contributed by atoms with Gasteiger partial charge in [0.15, 0.2) is 0 Å². The molecular formula is C13H17BrClNS. The van der Waals surface area contributed by atoms with Crippen molar-refractivity contribution in [1.82, 2.24) is 0 Å². The molecule has 1 aromatic rings. The van der Waals surface area contributed by atoms with E-state index in [9.17, 15) is 0 Å². The molecule has 1 fully saturated rings. The number of benzene rings is 1. The van der Waals surface area contributed by atoms with Gasteiger partial charge in [0, 0.05) is 11.8 Å². The number of anilines is 1. The number of rotatable bonds is 2. The highest BCUT2D eigenvalue weighted by Crippen LogP contribution is 2.36. The van der Waals surface area contributed by atoms with Gasteiger partial charge in [0.1, 0.15) is 0 Å². The lowest BCUT2D eigenvalue weighted by Gasteiger charge is -2.35. The van der Waals surface area contributed by atoms with Crippen LogP contribution in [0.4, 0.5) is 5.69 Å². The molecule has 1 nitrogen and oxygen atoms in total. The smallest absolute Gasteiger partial charge is 0.0593 e. The zero-order chi connectivity index (χ0) is 12.5. The van der Waals surface area contributed by atoms with Crippen LogP contribution in [0.2, 0.25) is 5.02 Å². The van der Waals surface area contributed by atoms with Gasteiger partial charge >= 0.3 is 0 Å². The van der Waals surface area contributed by atoms with Crippen molar-refractivity contribution in [1.29, 1.82) is 0 Å². The van der Waals surface area contributed by atoms with Crippen LogP contribution < -0.4 is 5.32 Å². The van der Waals surface area contributed by atoms with Gasteiger partial charge < -0.3 is 5.32 Å². The zero-order valence-electron chi connectivity index (χ0n) is 10.1. The summed E-state index contributed by atoms with van der Waals surface area (Å²) >= 11 is 11.7. The first kappa shape index (κ1) is 13.6. The normalized spacial score (nSPS) is 23.4. The molecule has 0 spiro atoms. The Hall–Kier alpha value is 0.140. The minimum atomic E-state index is 0.422. The maximum atomic E-state index is 6.10. The van der Waals surface area contributed by atoms with Gasteiger partial charge in [-0.25, -0.2) is 0 Å². The van der Waals surface area contributed by atoms with Crippen LogP contribution in [-0.2, 0) is 0 Å². The molecule has 0 aliphatic carbocycles. The van der Waals surface area contributed by atoms with E-state index in [1.54, 1.807) is 0 Å². The van der Waals surface area contributed by atoms with Crippen LogP contribution in [0, 0.1) is 5.41 Å². The van der Waals surface area contributed by atoms with Gasteiger partial charge in [0.25, 0.3) is 0 Å². The molecule has 1 aliphatic heterocycles. The average Bonchev–Trinajstić information content (AvgIpc) is 2.23. The van der Waals surface area contributed by atoms with E-state index in [2.05, 4.69) is 41.2 Å². The van der Waals surface area contributed by atoms with Crippen LogP contribution in [-0.4, -0.2) is 17.5 Å². The highest BCUT2D eigenvalue weighted by Gasteiger charge is 2.28. The van der Waals surface area contributed by atoms with E-state index >= 15 is 0 Å². The fraction of sp³-hybridized carbons (Fsp3) is 0.538. The van der Waals surface area contributed by atoms with Crippen molar-refractivity contribution < 1.29 is 0 Å². The molecule has 0 saturated carbocycles. The van der Waals surface area contributed by atoms with E-state index < -0.39 is 0 Å². The summed E-state index contributed by atoms with van der Waals surface area (Å²) in [5.41, 5.74) is 1.52. The third-order valence-corrected chi connectivity index (χ3v) is 5.94. The third-order valence-electron chi connectivity index (χ3n) is 2.92. The summed E-state index contributed by atoms with van der Waals surface area (Å²) in [4.78, 5) is 0. The summed E-state index contributed by atoms with van der Waals surface area (Å²) in [5, 5.41) is 4.36. The highest BCUT2D eigenvalue weighted by atomic mass is 79.9. The average molecular weight is 335 g/mol. The van der Waals surface area contributed by atoms with Crippen LogP contribution >= 0.6 is 39.3 Å². The van der Waals surface area contributed by atoms with Gasteiger partial charge in [-0.2, -0.15) is 11.8 Å². The lowest BCUT2D eigenvalue weighted by Crippen LogP contribution is -2.35. The van der Waals surface area contributed by atoms with E-state index in [-0.39, 0.29) is 0 Å². The Morgan fingerprint density at radius 2 is 2.24 bits per heavy atom. The Morgan fingerprint density at radius 1 is 1.47 bits per heavy atom. The molecule has 1 heterocycles. The topological polar surface area (TPSA) is 12.0 Å². The van der Waals surface area contributed by atoms with E-state index in [0.29, 0.717) is 11.5 Å². The van der Waals surface area contributed by atoms with Crippen LogP contribution in [0.15, 0.2) is 22.7 Å². The second-order valence-electron chi connectivity index (χ2n) is 5.33. The first-order valence-electron chi connectivity index (χ1n) is 5.76. The van der Waals surface area contributed by atoms with Gasteiger partial charge in [-0.15, -0.1) is 0 Å². The maximum absolute atomic E-state index is 6.10. The molecule has 4 heteroatoms. The summed E-state index contributed by atoms with van der Waals surface area (Å²) in [6.45, 7) is 4.67. The Balaban J connectivity index is 2.08. The predicted octanol–water partition coefficient (Wildman–Crippen LogP) is 5.05. The molecule has 0 aromatic heterocycles. The lowest BCUT2D eigenvalue weighted by molar-refractivity contribution is 0.358. The molecule has 1 saturated heterocycles. The number of thioether (sulfide) groups is 1. The Bertz CT molecular complexity index is 408. The van der Waals surface area contributed by atoms with Crippen molar-refractivity contribution in [3.63, 3.8) is 0 Å². The van der Waals surface area contributed by atoms with Gasteiger partial charge in [-0.3, -0.25) is 0 Å². The molecule has 1 atom stereocenters. The molecular weight excluding hydrogens is 318 g/mol. The monoisotopic (exact) mass is 333 g/mol. The van der Waals surface area contributed by atoms with Gasteiger partial charge in [0.05, 0.1) is 15.2 Å². The van der Waals surface area contributed by atoms with E-state index in [0.717, 1.165) is 15.2 Å². The Kier molecular flexibility index (Phi) is 4.32. The predicted molar refractivity (Wildman–Crippen MR) is 82.3 cm³/mol. The largest absolute Gasteiger partial charge is 0.381 e. The summed E-state index contributed by atoms with van der Waals surface area (Å²) in [5.74, 6) is 2.42. The van der Waals surface area contributed by atoms with E-state index in [4.69, 9.17) is 11.6 Å².